The van der Waals surface area contributed by atoms with E-state index in [1.807, 2.05) is 12.1 Å². The van der Waals surface area contributed by atoms with Crippen molar-refractivity contribution >= 4 is 15.5 Å². The maximum atomic E-state index is 11.4. The molecule has 2 rings (SSSR count). The second kappa shape index (κ2) is 6.61. The van der Waals surface area contributed by atoms with Crippen molar-refractivity contribution < 1.29 is 8.42 Å². The second-order valence-corrected chi connectivity index (χ2v) is 7.94. The highest BCUT2D eigenvalue weighted by Gasteiger charge is 2.17. The van der Waals surface area contributed by atoms with Crippen LogP contribution in [0.15, 0.2) is 29.2 Å². The molecule has 1 aliphatic carbocycles. The summed E-state index contributed by atoms with van der Waals surface area (Å²) in [5.74, 6) is 0.884. The summed E-state index contributed by atoms with van der Waals surface area (Å²) in [7, 11) is -3.10. The quantitative estimate of drug-likeness (QED) is 0.858. The molecule has 1 aromatic carbocycles. The van der Waals surface area contributed by atoms with Crippen molar-refractivity contribution in [2.45, 2.75) is 56.4 Å². The van der Waals surface area contributed by atoms with E-state index in [2.05, 4.69) is 12.2 Å². The molecule has 1 fully saturated rings. The molecule has 1 aromatic rings. The van der Waals surface area contributed by atoms with Crippen LogP contribution in [-0.2, 0) is 9.84 Å². The third-order valence-corrected chi connectivity index (χ3v) is 5.45. The van der Waals surface area contributed by atoms with Crippen molar-refractivity contribution in [2.24, 2.45) is 5.92 Å². The Balaban J connectivity index is 1.96. The number of sulfone groups is 1. The maximum Gasteiger partial charge on any atom is 0.175 e. The fourth-order valence-corrected chi connectivity index (χ4v) is 3.60. The number of hydrogen-bond acceptors (Lipinski definition) is 3. The minimum absolute atomic E-state index is 0.384. The van der Waals surface area contributed by atoms with Crippen molar-refractivity contribution in [1.29, 1.82) is 0 Å². The van der Waals surface area contributed by atoms with E-state index in [-0.39, 0.29) is 0 Å². The Bertz CT molecular complexity index is 522. The fraction of sp³-hybridized carbons (Fsp3) is 0.625. The second-order valence-electron chi connectivity index (χ2n) is 5.92. The molecule has 4 heteroatoms. The third kappa shape index (κ3) is 4.23. The van der Waals surface area contributed by atoms with Gasteiger partial charge in [0, 0.05) is 18.0 Å². The molecule has 2 atom stereocenters. The third-order valence-electron chi connectivity index (χ3n) is 4.32. The summed E-state index contributed by atoms with van der Waals surface area (Å²) in [6.07, 6.45) is 8.90. The lowest BCUT2D eigenvalue weighted by molar-refractivity contribution is 0.444. The zero-order chi connectivity index (χ0) is 14.6. The van der Waals surface area contributed by atoms with Gasteiger partial charge in [0.2, 0.25) is 0 Å². The molecule has 112 valence electrons. The molecule has 1 saturated carbocycles. The zero-order valence-corrected chi connectivity index (χ0v) is 13.2. The maximum absolute atomic E-state index is 11.4. The molecule has 3 nitrogen and oxygen atoms in total. The summed E-state index contributed by atoms with van der Waals surface area (Å²) >= 11 is 0. The Morgan fingerprint density at radius 1 is 1.10 bits per heavy atom. The van der Waals surface area contributed by atoms with Crippen LogP contribution in [0.5, 0.6) is 0 Å². The molecule has 20 heavy (non-hydrogen) atoms. The first kappa shape index (κ1) is 15.4. The highest BCUT2D eigenvalue weighted by atomic mass is 32.2. The highest BCUT2D eigenvalue weighted by molar-refractivity contribution is 7.90. The van der Waals surface area contributed by atoms with Gasteiger partial charge in [-0.15, -0.1) is 0 Å². The standard InChI is InChI=1S/C16H25NO2S/c1-3-13-5-4-6-14(8-7-13)17-15-9-11-16(12-10-15)20(2,18)19/h9-14,17H,3-8H2,1-2H3. The number of nitrogens with one attached hydrogen (secondary N) is 1. The lowest BCUT2D eigenvalue weighted by Gasteiger charge is -2.18. The summed E-state index contributed by atoms with van der Waals surface area (Å²) in [4.78, 5) is 0.384. The van der Waals surface area contributed by atoms with Crippen molar-refractivity contribution in [1.82, 2.24) is 0 Å². The van der Waals surface area contributed by atoms with E-state index in [0.29, 0.717) is 10.9 Å². The van der Waals surface area contributed by atoms with Crippen LogP contribution in [0.1, 0.15) is 45.4 Å². The Hall–Kier alpha value is -1.03. The summed E-state index contributed by atoms with van der Waals surface area (Å²) < 4.78 is 22.9. The van der Waals surface area contributed by atoms with Gasteiger partial charge in [0.25, 0.3) is 0 Å². The predicted octanol–water partition coefficient (Wildman–Crippen LogP) is 3.86. The smallest absolute Gasteiger partial charge is 0.175 e. The van der Waals surface area contributed by atoms with Gasteiger partial charge < -0.3 is 5.32 Å². The molecular formula is C16H25NO2S. The molecule has 2 unspecified atom stereocenters. The monoisotopic (exact) mass is 295 g/mol. The van der Waals surface area contributed by atoms with E-state index in [0.717, 1.165) is 11.6 Å². The van der Waals surface area contributed by atoms with Gasteiger partial charge in [0.1, 0.15) is 0 Å². The van der Waals surface area contributed by atoms with E-state index in [4.69, 9.17) is 0 Å². The Morgan fingerprint density at radius 3 is 2.40 bits per heavy atom. The fourth-order valence-electron chi connectivity index (χ4n) is 2.97. The first-order valence-electron chi connectivity index (χ1n) is 7.55. The first-order chi connectivity index (χ1) is 9.49. The number of hydrogen-bond donors (Lipinski definition) is 1. The minimum atomic E-state index is -3.10. The molecule has 0 heterocycles. The van der Waals surface area contributed by atoms with Crippen molar-refractivity contribution in [2.75, 3.05) is 11.6 Å². The van der Waals surface area contributed by atoms with Gasteiger partial charge in [-0.05, 0) is 49.4 Å². The van der Waals surface area contributed by atoms with E-state index in [9.17, 15) is 8.42 Å². The molecule has 0 radical (unpaired) electrons. The van der Waals surface area contributed by atoms with Crippen LogP contribution in [0.4, 0.5) is 5.69 Å². The zero-order valence-electron chi connectivity index (χ0n) is 12.4. The minimum Gasteiger partial charge on any atom is -0.382 e. The van der Waals surface area contributed by atoms with Gasteiger partial charge in [0.15, 0.2) is 9.84 Å². The predicted molar refractivity (Wildman–Crippen MR) is 83.8 cm³/mol. The van der Waals surface area contributed by atoms with Crippen LogP contribution in [-0.4, -0.2) is 20.7 Å². The molecule has 0 aliphatic heterocycles. The normalized spacial score (nSPS) is 24.1. The molecule has 1 aliphatic rings. The van der Waals surface area contributed by atoms with Crippen molar-refractivity contribution in [3.05, 3.63) is 24.3 Å². The lowest BCUT2D eigenvalue weighted by Crippen LogP contribution is -2.18. The van der Waals surface area contributed by atoms with E-state index >= 15 is 0 Å². The van der Waals surface area contributed by atoms with Crippen LogP contribution in [0.2, 0.25) is 0 Å². The molecular weight excluding hydrogens is 270 g/mol. The molecule has 0 saturated heterocycles. The number of benzene rings is 1. The largest absolute Gasteiger partial charge is 0.382 e. The average molecular weight is 295 g/mol. The summed E-state index contributed by atoms with van der Waals surface area (Å²) in [6.45, 7) is 2.28. The van der Waals surface area contributed by atoms with Crippen LogP contribution >= 0.6 is 0 Å². The summed E-state index contributed by atoms with van der Waals surface area (Å²) in [5, 5.41) is 3.55. The van der Waals surface area contributed by atoms with Gasteiger partial charge >= 0.3 is 0 Å². The summed E-state index contributed by atoms with van der Waals surface area (Å²) in [6, 6.07) is 7.64. The average Bonchev–Trinajstić information content (AvgIpc) is 2.63. The Kier molecular flexibility index (Phi) is 5.08. The van der Waals surface area contributed by atoms with E-state index < -0.39 is 9.84 Å². The van der Waals surface area contributed by atoms with Crippen LogP contribution in [0.25, 0.3) is 0 Å². The number of rotatable bonds is 4. The molecule has 0 spiro atoms. The van der Waals surface area contributed by atoms with E-state index in [1.54, 1.807) is 12.1 Å². The van der Waals surface area contributed by atoms with Gasteiger partial charge in [-0.3, -0.25) is 0 Å². The van der Waals surface area contributed by atoms with Crippen LogP contribution in [0.3, 0.4) is 0 Å². The lowest BCUT2D eigenvalue weighted by atomic mass is 9.98. The molecule has 0 aromatic heterocycles. The first-order valence-corrected chi connectivity index (χ1v) is 9.45. The SMILES string of the molecule is CCC1CCCC(Nc2ccc(S(C)(=O)=O)cc2)CC1. The van der Waals surface area contributed by atoms with Crippen molar-refractivity contribution in [3.8, 4) is 0 Å². The Morgan fingerprint density at radius 2 is 1.80 bits per heavy atom. The van der Waals surface area contributed by atoms with Gasteiger partial charge in [-0.25, -0.2) is 8.42 Å². The van der Waals surface area contributed by atoms with Crippen LogP contribution in [0, 0.1) is 5.92 Å². The highest BCUT2D eigenvalue weighted by Crippen LogP contribution is 2.27. The molecule has 1 N–H and O–H groups in total. The molecule has 0 bridgehead atoms. The van der Waals surface area contributed by atoms with Gasteiger partial charge in [-0.2, -0.15) is 0 Å². The Labute approximate surface area is 122 Å². The number of anilines is 1. The van der Waals surface area contributed by atoms with E-state index in [1.165, 1.54) is 44.8 Å². The van der Waals surface area contributed by atoms with Crippen LogP contribution < -0.4 is 5.32 Å². The van der Waals surface area contributed by atoms with Crippen molar-refractivity contribution in [3.63, 3.8) is 0 Å². The molecule has 0 amide bonds. The summed E-state index contributed by atoms with van der Waals surface area (Å²) in [5.41, 5.74) is 1.03. The van der Waals surface area contributed by atoms with Gasteiger partial charge in [-0.1, -0.05) is 26.2 Å². The topological polar surface area (TPSA) is 46.2 Å². The van der Waals surface area contributed by atoms with Gasteiger partial charge in [0.05, 0.1) is 4.90 Å².